The zero-order valence-electron chi connectivity index (χ0n) is 5.97. The number of carbonyl (C=O) groups is 2. The summed E-state index contributed by atoms with van der Waals surface area (Å²) < 4.78 is 0. The van der Waals surface area contributed by atoms with E-state index in [9.17, 15) is 9.59 Å². The molecule has 0 fully saturated rings. The Morgan fingerprint density at radius 3 is 1.50 bits per heavy atom. The first-order valence-electron chi connectivity index (χ1n) is 2.74. The molecule has 0 atom stereocenters. The lowest BCUT2D eigenvalue weighted by atomic mass is 11.0. The lowest BCUT2D eigenvalue weighted by molar-refractivity contribution is 0.246. The van der Waals surface area contributed by atoms with E-state index in [-0.39, 0.29) is 5.96 Å². The Morgan fingerprint density at radius 2 is 1.25 bits per heavy atom. The van der Waals surface area contributed by atoms with Crippen molar-refractivity contribution in [2.45, 2.75) is 0 Å². The fraction of sp³-hybridized carbons (Fsp3) is 0. The first kappa shape index (κ1) is 9.81. The number of hydrogen-bond donors (Lipinski definition) is 7. The average molecular weight is 175 g/mol. The smallest absolute Gasteiger partial charge is 0.330 e. The van der Waals surface area contributed by atoms with Crippen LogP contribution in [0.3, 0.4) is 0 Å². The normalized spacial score (nSPS) is 8.00. The van der Waals surface area contributed by atoms with Crippen LogP contribution in [0.15, 0.2) is 0 Å². The van der Waals surface area contributed by atoms with Crippen LogP contribution in [-0.2, 0) is 0 Å². The van der Waals surface area contributed by atoms with Gasteiger partial charge in [0.25, 0.3) is 0 Å². The van der Waals surface area contributed by atoms with Gasteiger partial charge < -0.3 is 11.5 Å². The Morgan fingerprint density at radius 1 is 0.917 bits per heavy atom. The summed E-state index contributed by atoms with van der Waals surface area (Å²) >= 11 is 0. The fourth-order valence-corrected chi connectivity index (χ4v) is 0.279. The molecule has 4 amide bonds. The van der Waals surface area contributed by atoms with Crippen molar-refractivity contribution in [1.29, 1.82) is 5.41 Å². The topological polar surface area (TPSA) is 158 Å². The van der Waals surface area contributed by atoms with Gasteiger partial charge in [0.1, 0.15) is 0 Å². The van der Waals surface area contributed by atoms with Crippen molar-refractivity contribution < 1.29 is 9.59 Å². The molecule has 0 aliphatic rings. The third kappa shape index (κ3) is 5.94. The summed E-state index contributed by atoms with van der Waals surface area (Å²) in [5, 5.41) is 6.91. The van der Waals surface area contributed by atoms with Crippen LogP contribution in [0, 0.1) is 5.41 Å². The number of urea groups is 2. The van der Waals surface area contributed by atoms with Gasteiger partial charge in [-0.25, -0.2) is 20.4 Å². The minimum Gasteiger partial charge on any atom is -0.350 e. The number of guanidine groups is 1. The average Bonchev–Trinajstić information content (AvgIpc) is 1.96. The van der Waals surface area contributed by atoms with E-state index >= 15 is 0 Å². The molecule has 0 radical (unpaired) electrons. The summed E-state index contributed by atoms with van der Waals surface area (Å²) in [6.07, 6.45) is 0. The summed E-state index contributed by atoms with van der Waals surface area (Å²) in [4.78, 5) is 20.1. The molecule has 9 heteroatoms. The third-order valence-corrected chi connectivity index (χ3v) is 0.621. The minimum absolute atomic E-state index is 0.382. The van der Waals surface area contributed by atoms with Gasteiger partial charge in [-0.1, -0.05) is 0 Å². The second-order valence-corrected chi connectivity index (χ2v) is 1.60. The largest absolute Gasteiger partial charge is 0.350 e. The number of hydrazine groups is 2. The molecule has 0 spiro atoms. The van der Waals surface area contributed by atoms with Gasteiger partial charge in [0.05, 0.1) is 0 Å². The monoisotopic (exact) mass is 175 g/mol. The molecule has 12 heavy (non-hydrogen) atoms. The number of carbonyl (C=O) groups excluding carboxylic acids is 2. The zero-order valence-corrected chi connectivity index (χ0v) is 5.97. The summed E-state index contributed by atoms with van der Waals surface area (Å²) in [6.45, 7) is 0. The van der Waals surface area contributed by atoms with E-state index in [0.29, 0.717) is 0 Å². The van der Waals surface area contributed by atoms with E-state index < -0.39 is 12.1 Å². The number of amides is 4. The van der Waals surface area contributed by atoms with E-state index in [1.807, 2.05) is 21.7 Å². The molecule has 0 aliphatic carbocycles. The number of nitrogens with two attached hydrogens (primary N) is 2. The molecule has 68 valence electrons. The van der Waals surface area contributed by atoms with Crippen LogP contribution in [0.25, 0.3) is 0 Å². The van der Waals surface area contributed by atoms with Crippen LogP contribution in [-0.4, -0.2) is 18.0 Å². The quantitative estimate of drug-likeness (QED) is 0.121. The molecule has 9 N–H and O–H groups in total. The van der Waals surface area contributed by atoms with Crippen molar-refractivity contribution in [3.63, 3.8) is 0 Å². The maximum absolute atomic E-state index is 10.1. The predicted octanol–water partition coefficient (Wildman–Crippen LogP) is -2.73. The van der Waals surface area contributed by atoms with Gasteiger partial charge in [-0.2, -0.15) is 0 Å². The van der Waals surface area contributed by atoms with Gasteiger partial charge in [-0.3, -0.25) is 16.3 Å². The lowest BCUT2D eigenvalue weighted by Gasteiger charge is -2.08. The standard InChI is InChI=1S/C3H9N7O2/c4-1(7-9-2(5)11)8-10-3(6)12/h(H3,4,7,8)(H3,5,9,11)(H3,6,10,12). The molecule has 0 aliphatic heterocycles. The first-order valence-corrected chi connectivity index (χ1v) is 2.74. The van der Waals surface area contributed by atoms with Gasteiger partial charge in [0, 0.05) is 0 Å². The minimum atomic E-state index is -0.861. The van der Waals surface area contributed by atoms with Crippen molar-refractivity contribution in [3.8, 4) is 0 Å². The highest BCUT2D eigenvalue weighted by molar-refractivity contribution is 5.82. The van der Waals surface area contributed by atoms with E-state index in [1.165, 1.54) is 0 Å². The summed E-state index contributed by atoms with van der Waals surface area (Å²) in [5.41, 5.74) is 17.1. The molecule has 9 nitrogen and oxygen atoms in total. The summed E-state index contributed by atoms with van der Waals surface area (Å²) in [7, 11) is 0. The van der Waals surface area contributed by atoms with Gasteiger partial charge in [0.2, 0.25) is 5.96 Å². The van der Waals surface area contributed by atoms with Gasteiger partial charge in [-0.05, 0) is 0 Å². The van der Waals surface area contributed by atoms with E-state index in [1.54, 1.807) is 0 Å². The molecule has 0 bridgehead atoms. The Labute approximate surface area is 67.3 Å². The summed E-state index contributed by atoms with van der Waals surface area (Å²) in [6, 6.07) is -1.72. The third-order valence-electron chi connectivity index (χ3n) is 0.621. The van der Waals surface area contributed by atoms with Gasteiger partial charge >= 0.3 is 12.1 Å². The summed E-state index contributed by atoms with van der Waals surface area (Å²) in [5.74, 6) is -0.382. The highest BCUT2D eigenvalue weighted by atomic mass is 16.2. The Balaban J connectivity index is 3.47. The molecule has 0 saturated carbocycles. The molecule has 0 aromatic heterocycles. The van der Waals surface area contributed by atoms with Gasteiger partial charge in [-0.15, -0.1) is 0 Å². The fourth-order valence-electron chi connectivity index (χ4n) is 0.279. The highest BCUT2D eigenvalue weighted by Crippen LogP contribution is 1.53. The first-order chi connectivity index (χ1) is 5.52. The molecule has 0 unspecified atom stereocenters. The Hall–Kier alpha value is -2.19. The van der Waals surface area contributed by atoms with Crippen molar-refractivity contribution in [1.82, 2.24) is 21.7 Å². The Kier molecular flexibility index (Phi) is 3.76. The predicted molar refractivity (Wildman–Crippen MR) is 39.4 cm³/mol. The number of rotatable bonds is 0. The van der Waals surface area contributed by atoms with Gasteiger partial charge in [0.15, 0.2) is 0 Å². The molecule has 0 aromatic carbocycles. The molecule has 0 rings (SSSR count). The van der Waals surface area contributed by atoms with Crippen molar-refractivity contribution >= 4 is 18.0 Å². The SMILES string of the molecule is N=C(NNC(N)=O)NNC(N)=O. The van der Waals surface area contributed by atoms with Crippen LogP contribution in [0.2, 0.25) is 0 Å². The van der Waals surface area contributed by atoms with Crippen molar-refractivity contribution in [2.24, 2.45) is 11.5 Å². The number of nitrogens with one attached hydrogen (secondary N) is 5. The van der Waals surface area contributed by atoms with Crippen LogP contribution in [0.4, 0.5) is 9.59 Å². The molecular weight excluding hydrogens is 166 g/mol. The van der Waals surface area contributed by atoms with Crippen LogP contribution < -0.4 is 33.2 Å². The maximum Gasteiger partial charge on any atom is 0.330 e. The highest BCUT2D eigenvalue weighted by Gasteiger charge is 1.95. The second kappa shape index (κ2) is 4.60. The number of primary amides is 2. The van der Waals surface area contributed by atoms with Crippen LogP contribution in [0.5, 0.6) is 0 Å². The molecule has 0 aromatic rings. The molecule has 0 saturated heterocycles. The van der Waals surface area contributed by atoms with Crippen LogP contribution in [0.1, 0.15) is 0 Å². The van der Waals surface area contributed by atoms with E-state index in [2.05, 4.69) is 11.5 Å². The molecular formula is C3H9N7O2. The van der Waals surface area contributed by atoms with Crippen molar-refractivity contribution in [2.75, 3.05) is 0 Å². The maximum atomic E-state index is 10.1. The zero-order chi connectivity index (χ0) is 9.56. The number of hydrogen-bond acceptors (Lipinski definition) is 3. The second-order valence-electron chi connectivity index (χ2n) is 1.60. The van der Waals surface area contributed by atoms with Crippen molar-refractivity contribution in [3.05, 3.63) is 0 Å². The van der Waals surface area contributed by atoms with E-state index in [0.717, 1.165) is 0 Å². The lowest BCUT2D eigenvalue weighted by Crippen LogP contribution is -2.54. The van der Waals surface area contributed by atoms with Crippen LogP contribution >= 0.6 is 0 Å². The Bertz CT molecular complexity index is 181. The van der Waals surface area contributed by atoms with E-state index in [4.69, 9.17) is 5.41 Å². The molecule has 0 heterocycles.